The summed E-state index contributed by atoms with van der Waals surface area (Å²) >= 11 is 0. The first kappa shape index (κ1) is 14.1. The molecular formula is C14H19N3O4. The summed E-state index contributed by atoms with van der Waals surface area (Å²) in [6, 6.07) is -0.281. The lowest BCUT2D eigenvalue weighted by molar-refractivity contribution is -0.174. The van der Waals surface area contributed by atoms with Crippen LogP contribution in [0.1, 0.15) is 44.3 Å². The van der Waals surface area contributed by atoms with Crippen LogP contribution in [-0.2, 0) is 14.3 Å². The molecule has 1 N–H and O–H groups in total. The van der Waals surface area contributed by atoms with E-state index in [1.165, 1.54) is 0 Å². The molecule has 1 aliphatic carbocycles. The molecule has 1 saturated heterocycles. The zero-order chi connectivity index (χ0) is 15.1. The zero-order valence-corrected chi connectivity index (χ0v) is 12.1. The number of nitrogens with zero attached hydrogens (tertiary/aromatic N) is 3. The third-order valence-electron chi connectivity index (χ3n) is 3.94. The first-order valence-electron chi connectivity index (χ1n) is 7.18. The van der Waals surface area contributed by atoms with Crippen molar-refractivity contribution in [1.82, 2.24) is 14.7 Å². The second-order valence-corrected chi connectivity index (χ2v) is 5.89. The number of carboxylic acids is 1. The Morgan fingerprint density at radius 1 is 1.48 bits per heavy atom. The Morgan fingerprint density at radius 2 is 2.19 bits per heavy atom. The van der Waals surface area contributed by atoms with E-state index >= 15 is 0 Å². The highest BCUT2D eigenvalue weighted by molar-refractivity contribution is 5.83. The minimum absolute atomic E-state index is 0.135. The van der Waals surface area contributed by atoms with Gasteiger partial charge in [-0.3, -0.25) is 9.48 Å². The zero-order valence-electron chi connectivity index (χ0n) is 12.1. The van der Waals surface area contributed by atoms with Crippen molar-refractivity contribution in [2.45, 2.75) is 50.9 Å². The van der Waals surface area contributed by atoms with E-state index in [4.69, 9.17) is 4.74 Å². The van der Waals surface area contributed by atoms with Crippen molar-refractivity contribution in [3.8, 4) is 0 Å². The summed E-state index contributed by atoms with van der Waals surface area (Å²) in [5, 5.41) is 13.7. The molecule has 2 heterocycles. The molecule has 2 fully saturated rings. The number of amides is 1. The second-order valence-electron chi connectivity index (χ2n) is 5.89. The standard InChI is InChI=1S/C14H19N3O4/c1-8(2)16-6-9(5-15-16)12-13(14(19)20)21-7-11(18)17(12)10-3-4-10/h5-6,8,10,12-13H,3-4,7H2,1-2H3,(H,19,20). The number of hydrogen-bond acceptors (Lipinski definition) is 4. The molecule has 7 heteroatoms. The quantitative estimate of drug-likeness (QED) is 0.894. The van der Waals surface area contributed by atoms with E-state index in [2.05, 4.69) is 5.10 Å². The maximum absolute atomic E-state index is 12.1. The van der Waals surface area contributed by atoms with Crippen molar-refractivity contribution >= 4 is 11.9 Å². The number of aromatic nitrogens is 2. The van der Waals surface area contributed by atoms with Crippen molar-refractivity contribution < 1.29 is 19.4 Å². The molecule has 1 aliphatic heterocycles. The predicted octanol–water partition coefficient (Wildman–Crippen LogP) is 0.979. The Labute approximate surface area is 122 Å². The van der Waals surface area contributed by atoms with Gasteiger partial charge in [0.05, 0.1) is 12.2 Å². The molecule has 0 aromatic carbocycles. The number of carbonyl (C=O) groups is 2. The molecule has 2 atom stereocenters. The Balaban J connectivity index is 1.97. The van der Waals surface area contributed by atoms with E-state index in [0.717, 1.165) is 18.4 Å². The fourth-order valence-corrected chi connectivity index (χ4v) is 2.74. The molecule has 7 nitrogen and oxygen atoms in total. The molecule has 1 aromatic rings. The van der Waals surface area contributed by atoms with E-state index in [9.17, 15) is 14.7 Å². The van der Waals surface area contributed by atoms with Gasteiger partial charge in [0, 0.05) is 23.8 Å². The third-order valence-corrected chi connectivity index (χ3v) is 3.94. The largest absolute Gasteiger partial charge is 0.479 e. The molecule has 0 spiro atoms. The lowest BCUT2D eigenvalue weighted by Crippen LogP contribution is -2.52. The minimum atomic E-state index is -1.05. The Hall–Kier alpha value is -1.89. The van der Waals surface area contributed by atoms with Gasteiger partial charge in [-0.2, -0.15) is 5.10 Å². The third kappa shape index (κ3) is 2.53. The number of ether oxygens (including phenoxy) is 1. The van der Waals surface area contributed by atoms with Crippen LogP contribution in [0.25, 0.3) is 0 Å². The lowest BCUT2D eigenvalue weighted by Gasteiger charge is -2.39. The summed E-state index contributed by atoms with van der Waals surface area (Å²) in [7, 11) is 0. The summed E-state index contributed by atoms with van der Waals surface area (Å²) in [4.78, 5) is 25.3. The van der Waals surface area contributed by atoms with Crippen LogP contribution in [0.2, 0.25) is 0 Å². The predicted molar refractivity (Wildman–Crippen MR) is 72.6 cm³/mol. The number of carbonyl (C=O) groups excluding carboxylic acids is 1. The lowest BCUT2D eigenvalue weighted by atomic mass is 10.0. The smallest absolute Gasteiger partial charge is 0.335 e. The number of rotatable bonds is 4. The maximum Gasteiger partial charge on any atom is 0.335 e. The van der Waals surface area contributed by atoms with Gasteiger partial charge in [0.25, 0.3) is 0 Å². The Kier molecular flexibility index (Phi) is 3.44. The summed E-state index contributed by atoms with van der Waals surface area (Å²) < 4.78 is 7.03. The average molecular weight is 293 g/mol. The molecule has 114 valence electrons. The van der Waals surface area contributed by atoms with Crippen LogP contribution in [0.3, 0.4) is 0 Å². The number of morpholine rings is 1. The van der Waals surface area contributed by atoms with Gasteiger partial charge in [-0.05, 0) is 26.7 Å². The van der Waals surface area contributed by atoms with Crippen molar-refractivity contribution in [3.63, 3.8) is 0 Å². The van der Waals surface area contributed by atoms with Gasteiger partial charge < -0.3 is 14.7 Å². The molecule has 0 bridgehead atoms. The molecule has 1 saturated carbocycles. The van der Waals surface area contributed by atoms with E-state index in [1.807, 2.05) is 20.0 Å². The van der Waals surface area contributed by atoms with Crippen LogP contribution >= 0.6 is 0 Å². The van der Waals surface area contributed by atoms with Crippen LogP contribution < -0.4 is 0 Å². The van der Waals surface area contributed by atoms with Crippen molar-refractivity contribution in [2.75, 3.05) is 6.61 Å². The fourth-order valence-electron chi connectivity index (χ4n) is 2.74. The van der Waals surface area contributed by atoms with Crippen LogP contribution in [-0.4, -0.2) is 50.4 Å². The molecule has 2 unspecified atom stereocenters. The van der Waals surface area contributed by atoms with Crippen LogP contribution in [0.4, 0.5) is 0 Å². The van der Waals surface area contributed by atoms with Gasteiger partial charge in [-0.1, -0.05) is 0 Å². The van der Waals surface area contributed by atoms with Crippen molar-refractivity contribution in [2.24, 2.45) is 0 Å². The van der Waals surface area contributed by atoms with Gasteiger partial charge in [0.15, 0.2) is 6.10 Å². The normalized spacial score (nSPS) is 26.4. The van der Waals surface area contributed by atoms with Gasteiger partial charge in [-0.25, -0.2) is 4.79 Å². The fraction of sp³-hybridized carbons (Fsp3) is 0.643. The summed E-state index contributed by atoms with van der Waals surface area (Å²) in [6.07, 6.45) is 4.26. The summed E-state index contributed by atoms with van der Waals surface area (Å²) in [5.74, 6) is -1.19. The molecule has 1 aromatic heterocycles. The first-order valence-corrected chi connectivity index (χ1v) is 7.18. The minimum Gasteiger partial charge on any atom is -0.479 e. The maximum atomic E-state index is 12.1. The Morgan fingerprint density at radius 3 is 2.71 bits per heavy atom. The molecule has 21 heavy (non-hydrogen) atoms. The highest BCUT2D eigenvalue weighted by Crippen LogP contribution is 2.39. The highest BCUT2D eigenvalue weighted by Gasteiger charge is 2.48. The monoisotopic (exact) mass is 293 g/mol. The van der Waals surface area contributed by atoms with Gasteiger partial charge in [0.2, 0.25) is 5.91 Å². The summed E-state index contributed by atoms with van der Waals surface area (Å²) in [6.45, 7) is 3.82. The van der Waals surface area contributed by atoms with E-state index < -0.39 is 18.1 Å². The second kappa shape index (κ2) is 5.14. The molecule has 0 radical (unpaired) electrons. The molecule has 1 amide bonds. The molecular weight excluding hydrogens is 274 g/mol. The van der Waals surface area contributed by atoms with Crippen LogP contribution in [0.15, 0.2) is 12.4 Å². The number of hydrogen-bond donors (Lipinski definition) is 1. The summed E-state index contributed by atoms with van der Waals surface area (Å²) in [5.41, 5.74) is 0.719. The van der Waals surface area contributed by atoms with Crippen LogP contribution in [0.5, 0.6) is 0 Å². The van der Waals surface area contributed by atoms with Crippen molar-refractivity contribution in [1.29, 1.82) is 0 Å². The highest BCUT2D eigenvalue weighted by atomic mass is 16.5. The topological polar surface area (TPSA) is 84.7 Å². The number of carboxylic acid groups (broad SMARTS) is 1. The Bertz CT molecular complexity index is 564. The first-order chi connectivity index (χ1) is 9.99. The van der Waals surface area contributed by atoms with Gasteiger partial charge in [-0.15, -0.1) is 0 Å². The average Bonchev–Trinajstić information content (AvgIpc) is 3.13. The SMILES string of the molecule is CC(C)n1cc(C2C(C(=O)O)OCC(=O)N2C2CC2)cn1. The van der Waals surface area contributed by atoms with Gasteiger partial charge in [0.1, 0.15) is 6.61 Å². The molecule has 3 rings (SSSR count). The van der Waals surface area contributed by atoms with Crippen molar-refractivity contribution in [3.05, 3.63) is 18.0 Å². The van der Waals surface area contributed by atoms with Gasteiger partial charge >= 0.3 is 5.97 Å². The number of aliphatic carboxylic acids is 1. The van der Waals surface area contributed by atoms with E-state index in [0.29, 0.717) is 0 Å². The van der Waals surface area contributed by atoms with Crippen LogP contribution in [0, 0.1) is 0 Å². The molecule has 2 aliphatic rings. The van der Waals surface area contributed by atoms with E-state index in [-0.39, 0.29) is 24.6 Å². The van der Waals surface area contributed by atoms with E-state index in [1.54, 1.807) is 15.8 Å².